The number of amides is 2. The number of carbonyl (C=O) groups excluding carboxylic acids is 2. The molecule has 6 nitrogen and oxygen atoms in total. The second-order valence-electron chi connectivity index (χ2n) is 6.06. The number of nitrogens with one attached hydrogen (secondary N) is 1. The van der Waals surface area contributed by atoms with Crippen LogP contribution in [0.4, 0.5) is 4.79 Å². The maximum absolute atomic E-state index is 12.2. The minimum Gasteiger partial charge on any atom is -0.444 e. The lowest BCUT2D eigenvalue weighted by Gasteiger charge is -2.36. The number of methoxy groups -OCH3 is 1. The van der Waals surface area contributed by atoms with E-state index in [-0.39, 0.29) is 24.8 Å². The van der Waals surface area contributed by atoms with Crippen LogP contribution in [0.2, 0.25) is 0 Å². The van der Waals surface area contributed by atoms with Crippen LogP contribution in [0.3, 0.4) is 0 Å². The second kappa shape index (κ2) is 7.47. The molecule has 20 heavy (non-hydrogen) atoms. The van der Waals surface area contributed by atoms with Crippen LogP contribution in [0.25, 0.3) is 0 Å². The molecule has 0 radical (unpaired) electrons. The summed E-state index contributed by atoms with van der Waals surface area (Å²) in [5.74, 6) is -0.104. The van der Waals surface area contributed by atoms with Gasteiger partial charge in [0.05, 0.1) is 0 Å². The van der Waals surface area contributed by atoms with E-state index in [2.05, 4.69) is 5.32 Å². The topological polar surface area (TPSA) is 67.9 Å². The Hall–Kier alpha value is -1.30. The van der Waals surface area contributed by atoms with Gasteiger partial charge in [-0.1, -0.05) is 0 Å². The number of hydrogen-bond acceptors (Lipinski definition) is 4. The zero-order chi connectivity index (χ0) is 15.2. The Morgan fingerprint density at radius 1 is 1.30 bits per heavy atom. The van der Waals surface area contributed by atoms with Crippen LogP contribution in [-0.4, -0.2) is 48.9 Å². The zero-order valence-corrected chi connectivity index (χ0v) is 12.9. The van der Waals surface area contributed by atoms with Crippen molar-refractivity contribution in [3.05, 3.63) is 0 Å². The summed E-state index contributed by atoms with van der Waals surface area (Å²) >= 11 is 0. The molecule has 0 aromatic heterocycles. The zero-order valence-electron chi connectivity index (χ0n) is 12.9. The van der Waals surface area contributed by atoms with Crippen molar-refractivity contribution in [1.29, 1.82) is 0 Å². The summed E-state index contributed by atoms with van der Waals surface area (Å²) in [6.45, 7) is 6.37. The fraction of sp³-hybridized carbons (Fsp3) is 0.857. The van der Waals surface area contributed by atoms with E-state index >= 15 is 0 Å². The number of piperidine rings is 1. The van der Waals surface area contributed by atoms with Crippen LogP contribution < -0.4 is 5.32 Å². The molecule has 1 N–H and O–H groups in total. The predicted octanol–water partition coefficient (Wildman–Crippen LogP) is 1.89. The van der Waals surface area contributed by atoms with Gasteiger partial charge in [0.1, 0.15) is 12.3 Å². The summed E-state index contributed by atoms with van der Waals surface area (Å²) in [7, 11) is 1.52. The first kappa shape index (κ1) is 16.8. The predicted molar refractivity (Wildman–Crippen MR) is 75.2 cm³/mol. The quantitative estimate of drug-likeness (QED) is 0.801. The number of likely N-dealkylation sites (tertiary alicyclic amines) is 1. The number of rotatable bonds is 4. The van der Waals surface area contributed by atoms with Crippen LogP contribution in [0.15, 0.2) is 0 Å². The monoisotopic (exact) mass is 286 g/mol. The van der Waals surface area contributed by atoms with Crippen LogP contribution >= 0.6 is 0 Å². The van der Waals surface area contributed by atoms with E-state index < -0.39 is 5.60 Å². The van der Waals surface area contributed by atoms with Gasteiger partial charge in [-0.05, 0) is 40.0 Å². The third-order valence-corrected chi connectivity index (χ3v) is 3.09. The fourth-order valence-corrected chi connectivity index (χ4v) is 2.21. The van der Waals surface area contributed by atoms with E-state index in [4.69, 9.17) is 9.47 Å². The van der Waals surface area contributed by atoms with Crippen LogP contribution in [-0.2, 0) is 14.3 Å². The molecule has 1 atom stereocenters. The molecule has 116 valence electrons. The fourth-order valence-electron chi connectivity index (χ4n) is 2.21. The van der Waals surface area contributed by atoms with Gasteiger partial charge >= 0.3 is 6.09 Å². The van der Waals surface area contributed by atoms with E-state index in [1.165, 1.54) is 7.11 Å². The van der Waals surface area contributed by atoms with E-state index in [1.807, 2.05) is 20.8 Å². The lowest BCUT2D eigenvalue weighted by atomic mass is 9.99. The first-order valence-electron chi connectivity index (χ1n) is 7.09. The van der Waals surface area contributed by atoms with Crippen LogP contribution in [0.1, 0.15) is 46.5 Å². The van der Waals surface area contributed by atoms with Gasteiger partial charge in [0.2, 0.25) is 5.91 Å². The van der Waals surface area contributed by atoms with Crippen molar-refractivity contribution in [2.24, 2.45) is 0 Å². The molecule has 1 rings (SSSR count). The number of carbonyl (C=O) groups is 2. The van der Waals surface area contributed by atoms with Crippen LogP contribution in [0, 0.1) is 0 Å². The molecule has 0 saturated carbocycles. The maximum Gasteiger partial charge on any atom is 0.410 e. The Morgan fingerprint density at radius 2 is 2.00 bits per heavy atom. The summed E-state index contributed by atoms with van der Waals surface area (Å²) in [5, 5.41) is 2.65. The van der Waals surface area contributed by atoms with Crippen molar-refractivity contribution < 1.29 is 19.1 Å². The van der Waals surface area contributed by atoms with Gasteiger partial charge in [-0.2, -0.15) is 0 Å². The molecule has 1 heterocycles. The molecular formula is C14H26N2O4. The number of hydrogen-bond donors (Lipinski definition) is 1. The average Bonchev–Trinajstić information content (AvgIpc) is 2.35. The van der Waals surface area contributed by atoms with Gasteiger partial charge in [0, 0.05) is 26.1 Å². The summed E-state index contributed by atoms with van der Waals surface area (Å²) in [6, 6.07) is -0.0875. The van der Waals surface area contributed by atoms with Crippen molar-refractivity contribution in [3.63, 3.8) is 0 Å². The molecular weight excluding hydrogens is 260 g/mol. The molecule has 1 aliphatic rings. The summed E-state index contributed by atoms with van der Waals surface area (Å²) < 4.78 is 10.2. The number of ether oxygens (including phenoxy) is 2. The Morgan fingerprint density at radius 3 is 2.60 bits per heavy atom. The lowest BCUT2D eigenvalue weighted by Crippen LogP contribution is -2.48. The smallest absolute Gasteiger partial charge is 0.410 e. The first-order chi connectivity index (χ1) is 9.33. The molecule has 1 unspecified atom stereocenters. The molecule has 0 aliphatic carbocycles. The minimum absolute atomic E-state index is 0.0875. The maximum atomic E-state index is 12.2. The third kappa shape index (κ3) is 5.77. The van der Waals surface area contributed by atoms with Gasteiger partial charge in [-0.3, -0.25) is 4.79 Å². The van der Waals surface area contributed by atoms with Gasteiger partial charge in [0.25, 0.3) is 0 Å². The van der Waals surface area contributed by atoms with E-state index in [1.54, 1.807) is 4.90 Å². The Balaban J connectivity index is 2.57. The highest BCUT2D eigenvalue weighted by Gasteiger charge is 2.31. The van der Waals surface area contributed by atoms with Crippen molar-refractivity contribution in [1.82, 2.24) is 10.2 Å². The molecule has 1 saturated heterocycles. The van der Waals surface area contributed by atoms with E-state index in [9.17, 15) is 9.59 Å². The Kier molecular flexibility index (Phi) is 6.26. The standard InChI is InChI=1S/C14H26N2O4/c1-14(2,3)20-13(18)16-8-6-5-7-11(16)9-12(17)15-10-19-4/h11H,5-10H2,1-4H3,(H,15,17). The molecule has 2 amide bonds. The van der Waals surface area contributed by atoms with Crippen molar-refractivity contribution in [3.8, 4) is 0 Å². The molecule has 1 aliphatic heterocycles. The van der Waals surface area contributed by atoms with Crippen molar-refractivity contribution >= 4 is 12.0 Å². The molecule has 1 fully saturated rings. The largest absolute Gasteiger partial charge is 0.444 e. The van der Waals surface area contributed by atoms with Crippen LogP contribution in [0.5, 0.6) is 0 Å². The third-order valence-electron chi connectivity index (χ3n) is 3.09. The number of nitrogens with zero attached hydrogens (tertiary/aromatic N) is 1. The van der Waals surface area contributed by atoms with Gasteiger partial charge in [-0.25, -0.2) is 4.79 Å². The van der Waals surface area contributed by atoms with Gasteiger partial charge in [0.15, 0.2) is 0 Å². The summed E-state index contributed by atoms with van der Waals surface area (Å²) in [4.78, 5) is 25.6. The van der Waals surface area contributed by atoms with Crippen molar-refractivity contribution in [2.45, 2.75) is 58.1 Å². The van der Waals surface area contributed by atoms with Gasteiger partial charge < -0.3 is 19.7 Å². The Bertz CT molecular complexity index is 339. The highest BCUT2D eigenvalue weighted by molar-refractivity contribution is 5.77. The highest BCUT2D eigenvalue weighted by atomic mass is 16.6. The van der Waals surface area contributed by atoms with Crippen molar-refractivity contribution in [2.75, 3.05) is 20.4 Å². The normalized spacial score (nSPS) is 19.6. The second-order valence-corrected chi connectivity index (χ2v) is 6.06. The molecule has 0 bridgehead atoms. The molecule has 6 heteroatoms. The first-order valence-corrected chi connectivity index (χ1v) is 7.09. The molecule has 0 aromatic carbocycles. The van der Waals surface area contributed by atoms with E-state index in [0.29, 0.717) is 13.0 Å². The minimum atomic E-state index is -0.516. The highest BCUT2D eigenvalue weighted by Crippen LogP contribution is 2.22. The lowest BCUT2D eigenvalue weighted by molar-refractivity contribution is -0.123. The summed E-state index contributed by atoms with van der Waals surface area (Å²) in [6.07, 6.45) is 2.78. The Labute approximate surface area is 120 Å². The SMILES string of the molecule is COCNC(=O)CC1CCCCN1C(=O)OC(C)(C)C. The van der Waals surface area contributed by atoms with Gasteiger partial charge in [-0.15, -0.1) is 0 Å². The summed E-state index contributed by atoms with van der Waals surface area (Å²) in [5.41, 5.74) is -0.516. The molecule has 0 aromatic rings. The molecule has 0 spiro atoms. The van der Waals surface area contributed by atoms with E-state index in [0.717, 1.165) is 19.3 Å². The average molecular weight is 286 g/mol.